The first-order chi connectivity index (χ1) is 16.8. The van der Waals surface area contributed by atoms with Crippen LogP contribution in [0.25, 0.3) is 5.65 Å². The fraction of sp³-hybridized carbons (Fsp3) is 0.429. The van der Waals surface area contributed by atoms with E-state index in [1.807, 2.05) is 4.90 Å². The number of carbonyl (C=O) groups excluding carboxylic acids is 1. The zero-order valence-corrected chi connectivity index (χ0v) is 19.6. The predicted molar refractivity (Wildman–Crippen MR) is 126 cm³/mol. The molecule has 0 aromatic carbocycles. The Morgan fingerprint density at radius 2 is 1.91 bits per heavy atom. The number of nitrogen functional groups attached to an aromatic ring is 1. The average molecular weight is 505 g/mol. The van der Waals surface area contributed by atoms with Gasteiger partial charge in [-0.2, -0.15) is 4.31 Å². The molecule has 186 valence electrons. The van der Waals surface area contributed by atoms with Crippen LogP contribution in [0.3, 0.4) is 0 Å². The van der Waals surface area contributed by atoms with Gasteiger partial charge in [-0.05, 0) is 18.9 Å². The van der Waals surface area contributed by atoms with Crippen molar-refractivity contribution in [1.82, 2.24) is 23.9 Å². The lowest BCUT2D eigenvalue weighted by Crippen LogP contribution is -2.52. The second-order valence-electron chi connectivity index (χ2n) is 8.39. The molecule has 35 heavy (non-hydrogen) atoms. The van der Waals surface area contributed by atoms with Crippen molar-refractivity contribution in [1.29, 1.82) is 0 Å². The number of hydrogen-bond donors (Lipinski definition) is 2. The van der Waals surface area contributed by atoms with Crippen LogP contribution in [-0.2, 0) is 14.8 Å². The molecular formula is C21H25FN8O4S. The van der Waals surface area contributed by atoms with Crippen molar-refractivity contribution >= 4 is 38.8 Å². The Morgan fingerprint density at radius 3 is 2.66 bits per heavy atom. The summed E-state index contributed by atoms with van der Waals surface area (Å²) in [6, 6.07) is 1.76. The van der Waals surface area contributed by atoms with Gasteiger partial charge >= 0.3 is 0 Å². The second kappa shape index (κ2) is 9.36. The molecule has 0 atom stereocenters. The lowest BCUT2D eigenvalue weighted by atomic mass is 10.2. The van der Waals surface area contributed by atoms with Crippen LogP contribution < -0.4 is 16.0 Å². The molecule has 3 aromatic rings. The van der Waals surface area contributed by atoms with E-state index < -0.39 is 27.0 Å². The number of nitrogens with zero attached hydrogens (tertiary/aromatic N) is 6. The maximum absolute atomic E-state index is 13.5. The van der Waals surface area contributed by atoms with Crippen LogP contribution in [0.1, 0.15) is 23.2 Å². The lowest BCUT2D eigenvalue weighted by molar-refractivity contribution is 0.0971. The highest BCUT2D eigenvalue weighted by Gasteiger charge is 2.35. The molecule has 0 aliphatic carbocycles. The van der Waals surface area contributed by atoms with Crippen molar-refractivity contribution in [3.8, 4) is 0 Å². The summed E-state index contributed by atoms with van der Waals surface area (Å²) in [4.78, 5) is 23.1. The smallest absolute Gasteiger partial charge is 0.263 e. The highest BCUT2D eigenvalue weighted by atomic mass is 32.2. The van der Waals surface area contributed by atoms with Gasteiger partial charge < -0.3 is 20.7 Å². The predicted octanol–water partition coefficient (Wildman–Crippen LogP) is 0.729. The fourth-order valence-electron chi connectivity index (χ4n) is 4.46. The number of rotatable bonds is 5. The minimum absolute atomic E-state index is 0.0205. The normalized spacial score (nSPS) is 18.1. The summed E-state index contributed by atoms with van der Waals surface area (Å²) < 4.78 is 47.5. The maximum Gasteiger partial charge on any atom is 0.263 e. The Morgan fingerprint density at radius 1 is 1.17 bits per heavy atom. The van der Waals surface area contributed by atoms with Crippen LogP contribution in [0, 0.1) is 5.82 Å². The van der Waals surface area contributed by atoms with Crippen LogP contribution >= 0.6 is 0 Å². The zero-order chi connectivity index (χ0) is 24.6. The second-order valence-corrected chi connectivity index (χ2v) is 10.6. The largest absolute Gasteiger partial charge is 0.381 e. The molecule has 2 fully saturated rings. The van der Waals surface area contributed by atoms with Gasteiger partial charge in [0.15, 0.2) is 17.3 Å². The highest BCUT2D eigenvalue weighted by molar-refractivity contribution is 7.89. The maximum atomic E-state index is 13.5. The van der Waals surface area contributed by atoms with Crippen LogP contribution in [0.2, 0.25) is 0 Å². The van der Waals surface area contributed by atoms with Gasteiger partial charge in [0.2, 0.25) is 10.0 Å². The van der Waals surface area contributed by atoms with E-state index in [4.69, 9.17) is 10.5 Å². The number of amides is 1. The molecule has 5 rings (SSSR count). The summed E-state index contributed by atoms with van der Waals surface area (Å²) in [5, 5.41) is 6.34. The number of anilines is 3. The summed E-state index contributed by atoms with van der Waals surface area (Å²) in [6.45, 7) is 2.51. The van der Waals surface area contributed by atoms with Gasteiger partial charge in [0.25, 0.3) is 5.91 Å². The number of fused-ring (bicyclic) bond motifs is 1. The van der Waals surface area contributed by atoms with Gasteiger partial charge in [-0.15, -0.1) is 5.10 Å². The molecule has 3 aromatic heterocycles. The number of pyridine rings is 1. The van der Waals surface area contributed by atoms with Gasteiger partial charge in [-0.25, -0.2) is 22.3 Å². The number of hydrogen-bond acceptors (Lipinski definition) is 9. The lowest BCUT2D eigenvalue weighted by Gasteiger charge is -2.38. The number of halogens is 1. The van der Waals surface area contributed by atoms with Gasteiger partial charge in [-0.1, -0.05) is 0 Å². The van der Waals surface area contributed by atoms with Crippen LogP contribution in [0.15, 0.2) is 30.9 Å². The number of carbonyl (C=O) groups is 1. The first kappa shape index (κ1) is 23.4. The Balaban J connectivity index is 1.32. The number of nitrogens with two attached hydrogens (primary N) is 1. The summed E-state index contributed by atoms with van der Waals surface area (Å²) in [5.41, 5.74) is 7.18. The molecule has 0 spiro atoms. The summed E-state index contributed by atoms with van der Waals surface area (Å²) in [6.07, 6.45) is 6.20. The van der Waals surface area contributed by atoms with Crippen molar-refractivity contribution in [3.05, 3.63) is 42.2 Å². The molecule has 3 N–H and O–H groups in total. The number of ether oxygens (including phenoxy) is 1. The molecule has 14 heteroatoms. The van der Waals surface area contributed by atoms with Crippen molar-refractivity contribution in [3.63, 3.8) is 0 Å². The molecule has 0 radical (unpaired) electrons. The molecule has 0 bridgehead atoms. The topological polar surface area (TPSA) is 148 Å². The van der Waals surface area contributed by atoms with E-state index in [2.05, 4.69) is 20.4 Å². The minimum Gasteiger partial charge on any atom is -0.381 e. The van der Waals surface area contributed by atoms with Crippen LogP contribution in [0.4, 0.5) is 21.6 Å². The summed E-state index contributed by atoms with van der Waals surface area (Å²) in [5.74, 6) is -1.26. The first-order valence-electron chi connectivity index (χ1n) is 11.2. The molecule has 12 nitrogen and oxygen atoms in total. The Bertz CT molecular complexity index is 1350. The molecule has 0 unspecified atom stereocenters. The Hall–Kier alpha value is -3.36. The van der Waals surface area contributed by atoms with Gasteiger partial charge in [0.05, 0.1) is 35.2 Å². The Kier molecular flexibility index (Phi) is 6.25. The standard InChI is InChI=1S/C21H25FN8O4S/c22-14-11-25-20-18(19(23)27-30(20)13-14)21(31)26-16-12-24-4-1-17(16)28-5-7-29(8-6-28)35(32,33)15-2-9-34-10-3-15/h1,4,11-13,15H,2-3,5-10H2,(H2,23,27)(H,26,31). The summed E-state index contributed by atoms with van der Waals surface area (Å²) >= 11 is 0. The average Bonchev–Trinajstić information content (AvgIpc) is 3.19. The molecule has 2 aliphatic rings. The number of aromatic nitrogens is 4. The number of piperazine rings is 1. The molecule has 0 saturated carbocycles. The monoisotopic (exact) mass is 504 g/mol. The van der Waals surface area contributed by atoms with Crippen molar-refractivity contribution < 1.29 is 22.3 Å². The molecule has 5 heterocycles. The quantitative estimate of drug-likeness (QED) is 0.513. The fourth-order valence-corrected chi connectivity index (χ4v) is 6.34. The van der Waals surface area contributed by atoms with E-state index in [1.165, 1.54) is 6.20 Å². The number of sulfonamides is 1. The van der Waals surface area contributed by atoms with Crippen molar-refractivity contribution in [2.45, 2.75) is 18.1 Å². The Labute approximate surface area is 200 Å². The van der Waals surface area contributed by atoms with Crippen molar-refractivity contribution in [2.75, 3.05) is 55.3 Å². The van der Waals surface area contributed by atoms with E-state index in [-0.39, 0.29) is 17.0 Å². The van der Waals surface area contributed by atoms with Crippen molar-refractivity contribution in [2.24, 2.45) is 0 Å². The van der Waals surface area contributed by atoms with E-state index >= 15 is 0 Å². The van der Waals surface area contributed by atoms with Crippen LogP contribution in [-0.4, -0.2) is 82.9 Å². The van der Waals surface area contributed by atoms with E-state index in [9.17, 15) is 17.6 Å². The minimum atomic E-state index is -3.39. The number of nitrogens with one attached hydrogen (secondary N) is 1. The van der Waals surface area contributed by atoms with Gasteiger partial charge in [0.1, 0.15) is 5.56 Å². The van der Waals surface area contributed by atoms with Crippen LogP contribution in [0.5, 0.6) is 0 Å². The zero-order valence-electron chi connectivity index (χ0n) is 18.8. The van der Waals surface area contributed by atoms with E-state index in [0.29, 0.717) is 63.6 Å². The SMILES string of the molecule is Nc1nn2cc(F)cnc2c1C(=O)Nc1cnccc1N1CCN(S(=O)(=O)C2CCOCC2)CC1. The third-order valence-electron chi connectivity index (χ3n) is 6.27. The first-order valence-corrected chi connectivity index (χ1v) is 12.7. The van der Waals surface area contributed by atoms with E-state index in [0.717, 1.165) is 16.9 Å². The van der Waals surface area contributed by atoms with Gasteiger partial charge in [0, 0.05) is 45.6 Å². The molecular weight excluding hydrogens is 479 g/mol. The third-order valence-corrected chi connectivity index (χ3v) is 8.67. The highest BCUT2D eigenvalue weighted by Crippen LogP contribution is 2.29. The van der Waals surface area contributed by atoms with E-state index in [1.54, 1.807) is 16.6 Å². The van der Waals surface area contributed by atoms with Gasteiger partial charge in [-0.3, -0.25) is 9.78 Å². The summed E-state index contributed by atoms with van der Waals surface area (Å²) in [7, 11) is -3.39. The molecule has 2 saturated heterocycles. The molecule has 1 amide bonds. The molecule has 2 aliphatic heterocycles. The third kappa shape index (κ3) is 4.51.